The smallest absolute Gasteiger partial charge is 0.139 e. The summed E-state index contributed by atoms with van der Waals surface area (Å²) in [5.41, 5.74) is 1.66. The summed E-state index contributed by atoms with van der Waals surface area (Å²) in [7, 11) is 0. The van der Waals surface area contributed by atoms with E-state index in [1.165, 1.54) is 31.4 Å². The largest absolute Gasteiger partial charge is 0.495 e. The second-order valence-corrected chi connectivity index (χ2v) is 7.75. The molecule has 2 fully saturated rings. The Kier molecular flexibility index (Phi) is 2.81. The van der Waals surface area contributed by atoms with Gasteiger partial charge in [-0.3, -0.25) is 4.79 Å². The number of fused-ring (bicyclic) bond motifs is 4. The summed E-state index contributed by atoms with van der Waals surface area (Å²) < 4.78 is 6.11. The highest BCUT2D eigenvalue weighted by atomic mass is 16.5. The van der Waals surface area contributed by atoms with Gasteiger partial charge in [-0.2, -0.15) is 0 Å². The summed E-state index contributed by atoms with van der Waals surface area (Å²) in [6.45, 7) is 4.45. The summed E-state index contributed by atoms with van der Waals surface area (Å²) in [6.07, 6.45) is 9.54. The molecule has 4 unspecified atom stereocenters. The Morgan fingerprint density at radius 1 is 1.10 bits per heavy atom. The third-order valence-electron chi connectivity index (χ3n) is 6.82. The molecule has 1 heterocycles. The molecular formula is C18H26O2. The average Bonchev–Trinajstić information content (AvgIpc) is 2.74. The monoisotopic (exact) mass is 274 g/mol. The van der Waals surface area contributed by atoms with Crippen molar-refractivity contribution in [3.8, 4) is 0 Å². The predicted octanol–water partition coefficient (Wildman–Crippen LogP) is 4.24. The van der Waals surface area contributed by atoms with Crippen LogP contribution in [0.25, 0.3) is 0 Å². The molecule has 2 heteroatoms. The minimum absolute atomic E-state index is 0.0159. The summed E-state index contributed by atoms with van der Waals surface area (Å²) in [5, 5.41) is 0. The first-order valence-electron chi connectivity index (χ1n) is 8.51. The Balaban J connectivity index is 1.65. The molecular weight excluding hydrogens is 248 g/mol. The molecule has 0 radical (unpaired) electrons. The number of carbonyl (C=O) groups excluding carboxylic acids is 1. The lowest BCUT2D eigenvalue weighted by atomic mass is 9.55. The van der Waals surface area contributed by atoms with E-state index >= 15 is 0 Å². The SMILES string of the molecule is CC1CCC2=C(CCC3C2CC[C@]2(C)C(=O)CCC32)O1. The normalized spacial score (nSPS) is 47.4. The van der Waals surface area contributed by atoms with E-state index in [0.717, 1.165) is 37.5 Å². The lowest BCUT2D eigenvalue weighted by Gasteiger charge is -2.49. The van der Waals surface area contributed by atoms with Crippen LogP contribution in [0, 0.1) is 23.2 Å². The number of carbonyl (C=O) groups is 1. The molecule has 2 nitrogen and oxygen atoms in total. The van der Waals surface area contributed by atoms with Crippen molar-refractivity contribution in [1.82, 2.24) is 0 Å². The van der Waals surface area contributed by atoms with E-state index in [9.17, 15) is 4.79 Å². The van der Waals surface area contributed by atoms with E-state index in [-0.39, 0.29) is 5.41 Å². The van der Waals surface area contributed by atoms with Crippen molar-refractivity contribution >= 4 is 5.78 Å². The van der Waals surface area contributed by atoms with Crippen LogP contribution in [0.3, 0.4) is 0 Å². The van der Waals surface area contributed by atoms with Crippen LogP contribution in [0.4, 0.5) is 0 Å². The number of rotatable bonds is 0. The van der Waals surface area contributed by atoms with E-state index in [1.54, 1.807) is 5.57 Å². The van der Waals surface area contributed by atoms with Crippen LogP contribution in [0.15, 0.2) is 11.3 Å². The van der Waals surface area contributed by atoms with E-state index < -0.39 is 0 Å². The van der Waals surface area contributed by atoms with Crippen molar-refractivity contribution in [3.05, 3.63) is 11.3 Å². The standard InChI is InChI=1S/C18H26O2/c1-11-3-4-14-12-9-10-18(2)15(6-8-17(18)19)13(12)5-7-16(14)20-11/h11-13,15H,3-10H2,1-2H3/t11?,12?,13?,15?,18-/m0/s1. The highest BCUT2D eigenvalue weighted by molar-refractivity contribution is 5.87. The third-order valence-corrected chi connectivity index (χ3v) is 6.82. The summed E-state index contributed by atoms with van der Waals surface area (Å²) in [5.74, 6) is 4.03. The Morgan fingerprint density at radius 2 is 1.95 bits per heavy atom. The van der Waals surface area contributed by atoms with Crippen LogP contribution >= 0.6 is 0 Å². The number of allylic oxidation sites excluding steroid dienone is 2. The predicted molar refractivity (Wildman–Crippen MR) is 78.1 cm³/mol. The molecule has 0 aromatic heterocycles. The first-order valence-corrected chi connectivity index (χ1v) is 8.51. The molecule has 110 valence electrons. The molecule has 1 aliphatic heterocycles. The van der Waals surface area contributed by atoms with Crippen molar-refractivity contribution in [2.75, 3.05) is 0 Å². The zero-order valence-electron chi connectivity index (χ0n) is 12.8. The van der Waals surface area contributed by atoms with Gasteiger partial charge in [0.1, 0.15) is 5.78 Å². The Morgan fingerprint density at radius 3 is 2.80 bits per heavy atom. The maximum absolute atomic E-state index is 12.3. The van der Waals surface area contributed by atoms with Crippen molar-refractivity contribution in [3.63, 3.8) is 0 Å². The first-order chi connectivity index (χ1) is 9.59. The lowest BCUT2D eigenvalue weighted by molar-refractivity contribution is -0.130. The van der Waals surface area contributed by atoms with E-state index in [2.05, 4.69) is 13.8 Å². The highest BCUT2D eigenvalue weighted by Crippen LogP contribution is 2.59. The van der Waals surface area contributed by atoms with Crippen molar-refractivity contribution in [1.29, 1.82) is 0 Å². The van der Waals surface area contributed by atoms with Gasteiger partial charge in [-0.05, 0) is 68.8 Å². The lowest BCUT2D eigenvalue weighted by Crippen LogP contribution is -2.44. The molecule has 4 rings (SSSR count). The van der Waals surface area contributed by atoms with Gasteiger partial charge in [0.05, 0.1) is 11.9 Å². The van der Waals surface area contributed by atoms with Gasteiger partial charge in [-0.1, -0.05) is 6.92 Å². The molecule has 0 spiro atoms. The van der Waals surface area contributed by atoms with Gasteiger partial charge in [-0.15, -0.1) is 0 Å². The second kappa shape index (κ2) is 4.35. The average molecular weight is 274 g/mol. The van der Waals surface area contributed by atoms with Crippen molar-refractivity contribution in [2.24, 2.45) is 23.2 Å². The molecule has 4 aliphatic rings. The van der Waals surface area contributed by atoms with E-state index in [1.807, 2.05) is 0 Å². The fourth-order valence-corrected chi connectivity index (χ4v) is 5.68. The van der Waals surface area contributed by atoms with Crippen LogP contribution in [0.1, 0.15) is 65.2 Å². The molecule has 0 aromatic carbocycles. The third kappa shape index (κ3) is 1.66. The van der Waals surface area contributed by atoms with Gasteiger partial charge in [0.2, 0.25) is 0 Å². The number of hydrogen-bond donors (Lipinski definition) is 0. The summed E-state index contributed by atoms with van der Waals surface area (Å²) >= 11 is 0. The van der Waals surface area contributed by atoms with Crippen LogP contribution in [-0.4, -0.2) is 11.9 Å². The molecule has 0 amide bonds. The van der Waals surface area contributed by atoms with Gasteiger partial charge in [0.15, 0.2) is 0 Å². The Hall–Kier alpha value is -0.790. The molecule has 3 aliphatic carbocycles. The van der Waals surface area contributed by atoms with Crippen LogP contribution in [-0.2, 0) is 9.53 Å². The summed E-state index contributed by atoms with van der Waals surface area (Å²) in [4.78, 5) is 12.3. The van der Waals surface area contributed by atoms with Gasteiger partial charge in [0.25, 0.3) is 0 Å². The van der Waals surface area contributed by atoms with Crippen LogP contribution in [0.5, 0.6) is 0 Å². The quantitative estimate of drug-likeness (QED) is 0.660. The molecule has 2 saturated carbocycles. The number of hydrogen-bond acceptors (Lipinski definition) is 2. The van der Waals surface area contributed by atoms with Crippen LogP contribution in [0.2, 0.25) is 0 Å². The van der Waals surface area contributed by atoms with Gasteiger partial charge < -0.3 is 4.74 Å². The number of ether oxygens (including phenoxy) is 1. The van der Waals surface area contributed by atoms with Crippen molar-refractivity contribution < 1.29 is 9.53 Å². The van der Waals surface area contributed by atoms with E-state index in [0.29, 0.717) is 17.8 Å². The molecule has 20 heavy (non-hydrogen) atoms. The van der Waals surface area contributed by atoms with Crippen molar-refractivity contribution in [2.45, 2.75) is 71.3 Å². The highest BCUT2D eigenvalue weighted by Gasteiger charge is 2.55. The summed E-state index contributed by atoms with van der Waals surface area (Å²) in [6, 6.07) is 0. The first kappa shape index (κ1) is 12.9. The molecule has 0 saturated heterocycles. The zero-order valence-corrected chi connectivity index (χ0v) is 12.8. The molecule has 0 bridgehead atoms. The second-order valence-electron chi connectivity index (χ2n) is 7.75. The topological polar surface area (TPSA) is 26.3 Å². The van der Waals surface area contributed by atoms with Gasteiger partial charge >= 0.3 is 0 Å². The maximum Gasteiger partial charge on any atom is 0.139 e. The van der Waals surface area contributed by atoms with Crippen LogP contribution < -0.4 is 0 Å². The number of Topliss-reactive ketones (excluding diaryl/α,β-unsaturated/α-hetero) is 1. The van der Waals surface area contributed by atoms with Gasteiger partial charge in [0, 0.05) is 18.3 Å². The molecule has 5 atom stereocenters. The Labute approximate surface area is 122 Å². The Bertz CT molecular complexity index is 478. The molecule has 0 aromatic rings. The molecule has 0 N–H and O–H groups in total. The van der Waals surface area contributed by atoms with Gasteiger partial charge in [-0.25, -0.2) is 0 Å². The van der Waals surface area contributed by atoms with E-state index in [4.69, 9.17) is 4.74 Å². The fourth-order valence-electron chi connectivity index (χ4n) is 5.68. The minimum atomic E-state index is 0.0159. The fraction of sp³-hybridized carbons (Fsp3) is 0.833. The minimum Gasteiger partial charge on any atom is -0.495 e. The number of ketones is 1. The zero-order chi connectivity index (χ0) is 13.9. The maximum atomic E-state index is 12.3.